The predicted octanol–water partition coefficient (Wildman–Crippen LogP) is 11.4. The maximum absolute atomic E-state index is 5.07. The maximum Gasteiger partial charge on any atom is 0.164 e. The van der Waals surface area contributed by atoms with E-state index < -0.39 is 0 Å². The topological polar surface area (TPSA) is 56.5 Å². The summed E-state index contributed by atoms with van der Waals surface area (Å²) in [6.07, 6.45) is 0. The number of aromatic nitrogens is 5. The molecule has 0 fully saturated rings. The third kappa shape index (κ3) is 4.77. The second kappa shape index (κ2) is 11.6. The molecule has 0 atom stereocenters. The summed E-state index contributed by atoms with van der Waals surface area (Å²) in [5.41, 5.74) is 8.35. The quantitative estimate of drug-likeness (QED) is 0.185. The van der Waals surface area contributed by atoms with E-state index in [1.165, 1.54) is 15.5 Å². The maximum atomic E-state index is 5.07. The molecular weight excluding hydrogens is 631 g/mol. The molecule has 0 amide bonds. The van der Waals surface area contributed by atoms with E-state index in [2.05, 4.69) is 132 Å². The Labute approximate surface area is 291 Å². The first kappa shape index (κ1) is 28.5. The molecule has 0 spiro atoms. The van der Waals surface area contributed by atoms with Gasteiger partial charge in [-0.2, -0.15) is 0 Å². The zero-order valence-corrected chi connectivity index (χ0v) is 27.5. The SMILES string of the molecule is c1ccc(-c2nc(-c3ccc(-n4c5ccccc5c5ccc(-c6nc7ccccc7s6)cc54)cc3)nc(-c3cccc4ccccc34)n2)cc1. The summed E-state index contributed by atoms with van der Waals surface area (Å²) < 4.78 is 3.53. The molecule has 0 bridgehead atoms. The number of thiazole rings is 1. The Morgan fingerprint density at radius 2 is 1.06 bits per heavy atom. The van der Waals surface area contributed by atoms with Crippen molar-refractivity contribution in [1.29, 1.82) is 0 Å². The van der Waals surface area contributed by atoms with Crippen LogP contribution in [0.25, 0.3) is 93.2 Å². The van der Waals surface area contributed by atoms with Crippen LogP contribution in [0.15, 0.2) is 164 Å². The first-order valence-electron chi connectivity index (χ1n) is 16.6. The Hall–Kier alpha value is -6.50. The van der Waals surface area contributed by atoms with Crippen LogP contribution in [-0.4, -0.2) is 24.5 Å². The number of nitrogens with zero attached hydrogens (tertiary/aromatic N) is 5. The number of fused-ring (bicyclic) bond motifs is 5. The van der Waals surface area contributed by atoms with Crippen LogP contribution in [0, 0.1) is 0 Å². The lowest BCUT2D eigenvalue weighted by Gasteiger charge is -2.12. The van der Waals surface area contributed by atoms with Crippen molar-refractivity contribution in [3.63, 3.8) is 0 Å². The van der Waals surface area contributed by atoms with E-state index in [1.54, 1.807) is 11.3 Å². The van der Waals surface area contributed by atoms with Gasteiger partial charge in [0.15, 0.2) is 17.5 Å². The van der Waals surface area contributed by atoms with Gasteiger partial charge >= 0.3 is 0 Å². The molecule has 0 radical (unpaired) electrons. The summed E-state index contributed by atoms with van der Waals surface area (Å²) in [5, 5.41) is 5.70. The molecule has 0 aliphatic heterocycles. The minimum absolute atomic E-state index is 0.633. The van der Waals surface area contributed by atoms with Crippen molar-refractivity contribution in [1.82, 2.24) is 24.5 Å². The Morgan fingerprint density at radius 1 is 0.420 bits per heavy atom. The largest absolute Gasteiger partial charge is 0.309 e. The molecule has 0 N–H and O–H groups in total. The standard InChI is InChI=1S/C44H27N5S/c1-2-12-29(13-3-1)41-46-42(48-43(47-41)36-17-10-14-28-11-4-5-15-33(28)36)30-21-24-32(25-22-30)49-38-19-8-6-16-34(38)35-26-23-31(27-39(35)49)44-45-37-18-7-9-20-40(37)50-44/h1-27H. The molecule has 3 heterocycles. The molecular formula is C44H27N5S. The highest BCUT2D eigenvalue weighted by Gasteiger charge is 2.17. The zero-order valence-electron chi connectivity index (χ0n) is 26.7. The molecule has 10 aromatic rings. The molecule has 6 heteroatoms. The van der Waals surface area contributed by atoms with Gasteiger partial charge in [-0.15, -0.1) is 11.3 Å². The van der Waals surface area contributed by atoms with Crippen LogP contribution in [0.2, 0.25) is 0 Å². The van der Waals surface area contributed by atoms with Gasteiger partial charge in [-0.05, 0) is 59.3 Å². The van der Waals surface area contributed by atoms with Gasteiger partial charge in [-0.1, -0.05) is 115 Å². The van der Waals surface area contributed by atoms with Crippen molar-refractivity contribution in [3.8, 4) is 50.4 Å². The van der Waals surface area contributed by atoms with Gasteiger partial charge in [-0.25, -0.2) is 19.9 Å². The van der Waals surface area contributed by atoms with Crippen molar-refractivity contribution < 1.29 is 0 Å². The summed E-state index contributed by atoms with van der Waals surface area (Å²) in [6, 6.07) is 56.9. The smallest absolute Gasteiger partial charge is 0.164 e. The first-order valence-corrected chi connectivity index (χ1v) is 17.4. The van der Waals surface area contributed by atoms with E-state index in [0.717, 1.165) is 60.3 Å². The average molecular weight is 658 g/mol. The number of hydrogen-bond acceptors (Lipinski definition) is 5. The minimum atomic E-state index is 0.633. The molecule has 0 aliphatic carbocycles. The van der Waals surface area contributed by atoms with E-state index in [1.807, 2.05) is 36.4 Å². The summed E-state index contributed by atoms with van der Waals surface area (Å²) in [5.74, 6) is 1.93. The normalized spacial score (nSPS) is 11.6. The van der Waals surface area contributed by atoms with E-state index in [0.29, 0.717) is 17.5 Å². The Balaban J connectivity index is 1.12. The van der Waals surface area contributed by atoms with Crippen molar-refractivity contribution in [2.24, 2.45) is 0 Å². The molecule has 0 aliphatic rings. The van der Waals surface area contributed by atoms with Crippen LogP contribution in [-0.2, 0) is 0 Å². The molecule has 7 aromatic carbocycles. The van der Waals surface area contributed by atoms with E-state index in [9.17, 15) is 0 Å². The predicted molar refractivity (Wildman–Crippen MR) is 207 cm³/mol. The fourth-order valence-electron chi connectivity index (χ4n) is 6.90. The summed E-state index contributed by atoms with van der Waals surface area (Å²) in [6.45, 7) is 0. The second-order valence-corrected chi connectivity index (χ2v) is 13.3. The third-order valence-corrected chi connectivity index (χ3v) is 10.4. The monoisotopic (exact) mass is 657 g/mol. The van der Waals surface area contributed by atoms with Crippen LogP contribution in [0.3, 0.4) is 0 Å². The highest BCUT2D eigenvalue weighted by Crippen LogP contribution is 2.37. The molecule has 5 nitrogen and oxygen atoms in total. The van der Waals surface area contributed by atoms with E-state index in [4.69, 9.17) is 19.9 Å². The van der Waals surface area contributed by atoms with E-state index in [-0.39, 0.29) is 0 Å². The van der Waals surface area contributed by atoms with Crippen molar-refractivity contribution in [2.45, 2.75) is 0 Å². The fraction of sp³-hybridized carbons (Fsp3) is 0. The molecule has 0 unspecified atom stereocenters. The highest BCUT2D eigenvalue weighted by atomic mass is 32.1. The average Bonchev–Trinajstić information content (AvgIpc) is 3.77. The van der Waals surface area contributed by atoms with Crippen LogP contribution < -0.4 is 0 Å². The van der Waals surface area contributed by atoms with Gasteiger partial charge in [-0.3, -0.25) is 0 Å². The van der Waals surface area contributed by atoms with Gasteiger partial charge < -0.3 is 4.57 Å². The highest BCUT2D eigenvalue weighted by molar-refractivity contribution is 7.21. The summed E-state index contributed by atoms with van der Waals surface area (Å²) >= 11 is 1.73. The summed E-state index contributed by atoms with van der Waals surface area (Å²) in [7, 11) is 0. The van der Waals surface area contributed by atoms with Crippen LogP contribution >= 0.6 is 11.3 Å². The first-order chi connectivity index (χ1) is 24.8. The number of rotatable bonds is 5. The lowest BCUT2D eigenvalue weighted by Crippen LogP contribution is -2.01. The lowest BCUT2D eigenvalue weighted by molar-refractivity contribution is 1.07. The van der Waals surface area contributed by atoms with Crippen LogP contribution in [0.4, 0.5) is 0 Å². The van der Waals surface area contributed by atoms with Crippen molar-refractivity contribution >= 4 is 54.1 Å². The van der Waals surface area contributed by atoms with Gasteiger partial charge in [0.25, 0.3) is 0 Å². The van der Waals surface area contributed by atoms with Gasteiger partial charge in [0.2, 0.25) is 0 Å². The Kier molecular flexibility index (Phi) is 6.60. The van der Waals surface area contributed by atoms with Crippen LogP contribution in [0.5, 0.6) is 0 Å². The number of hydrogen-bond donors (Lipinski definition) is 0. The van der Waals surface area contributed by atoms with Gasteiger partial charge in [0.1, 0.15) is 5.01 Å². The van der Waals surface area contributed by atoms with Gasteiger partial charge in [0.05, 0.1) is 21.3 Å². The molecule has 0 saturated heterocycles. The second-order valence-electron chi connectivity index (χ2n) is 12.3. The molecule has 234 valence electrons. The Bertz CT molecular complexity index is 2830. The third-order valence-electron chi connectivity index (χ3n) is 9.30. The lowest BCUT2D eigenvalue weighted by atomic mass is 10.0. The fourth-order valence-corrected chi connectivity index (χ4v) is 7.86. The van der Waals surface area contributed by atoms with Gasteiger partial charge in [0, 0.05) is 38.7 Å². The Morgan fingerprint density at radius 3 is 1.90 bits per heavy atom. The number of para-hydroxylation sites is 2. The van der Waals surface area contributed by atoms with Crippen molar-refractivity contribution in [3.05, 3.63) is 164 Å². The molecule has 10 rings (SSSR count). The number of benzene rings is 7. The molecule has 0 saturated carbocycles. The summed E-state index contributed by atoms with van der Waals surface area (Å²) in [4.78, 5) is 20.0. The van der Waals surface area contributed by atoms with Crippen LogP contribution in [0.1, 0.15) is 0 Å². The van der Waals surface area contributed by atoms with Crippen molar-refractivity contribution in [2.75, 3.05) is 0 Å². The molecule has 50 heavy (non-hydrogen) atoms. The van der Waals surface area contributed by atoms with E-state index >= 15 is 0 Å². The zero-order chi connectivity index (χ0) is 33.0. The minimum Gasteiger partial charge on any atom is -0.309 e. The molecule has 3 aromatic heterocycles.